The van der Waals surface area contributed by atoms with Crippen LogP contribution in [0.25, 0.3) is 0 Å². The Morgan fingerprint density at radius 3 is 2.71 bits per heavy atom. The molecular weight excluding hydrogens is 302 g/mol. The Balaban J connectivity index is 1.81. The van der Waals surface area contributed by atoms with Gasteiger partial charge in [0.1, 0.15) is 11.5 Å². The zero-order valence-electron chi connectivity index (χ0n) is 15.0. The molecule has 0 spiro atoms. The van der Waals surface area contributed by atoms with Gasteiger partial charge < -0.3 is 14.5 Å². The lowest BCUT2D eigenvalue weighted by atomic mass is 10.0. The molecule has 0 saturated carbocycles. The zero-order chi connectivity index (χ0) is 17.5. The van der Waals surface area contributed by atoms with Gasteiger partial charge in [0.05, 0.1) is 6.26 Å². The smallest absolute Gasteiger partial charge is 0.258 e. The third kappa shape index (κ3) is 5.44. The number of aryl methyl sites for hydroxylation is 2. The van der Waals surface area contributed by atoms with E-state index in [1.54, 1.807) is 6.26 Å². The van der Waals surface area contributed by atoms with Crippen LogP contribution in [0.2, 0.25) is 0 Å². The minimum absolute atomic E-state index is 0.0360. The lowest BCUT2D eigenvalue weighted by Gasteiger charge is -2.16. The molecule has 0 unspecified atom stereocenters. The molecule has 1 N–H and O–H groups in total. The van der Waals surface area contributed by atoms with E-state index < -0.39 is 0 Å². The largest absolute Gasteiger partial charge is 0.483 e. The molecule has 0 aliphatic rings. The first-order chi connectivity index (χ1) is 11.5. The highest BCUT2D eigenvalue weighted by atomic mass is 16.5. The molecule has 0 radical (unpaired) electrons. The fraction of sp³-hybridized carbons (Fsp3) is 0.450. The average molecular weight is 329 g/mol. The number of benzene rings is 1. The van der Waals surface area contributed by atoms with E-state index in [9.17, 15) is 4.79 Å². The lowest BCUT2D eigenvalue weighted by molar-refractivity contribution is -0.123. The molecule has 1 atom stereocenters. The first kappa shape index (κ1) is 18.1. The van der Waals surface area contributed by atoms with E-state index in [1.165, 1.54) is 0 Å². The second-order valence-electron chi connectivity index (χ2n) is 6.57. The first-order valence-electron chi connectivity index (χ1n) is 8.50. The van der Waals surface area contributed by atoms with Gasteiger partial charge in [-0.2, -0.15) is 0 Å². The third-order valence-electron chi connectivity index (χ3n) is 3.96. The topological polar surface area (TPSA) is 51.5 Å². The maximum absolute atomic E-state index is 12.1. The van der Waals surface area contributed by atoms with Gasteiger partial charge in [-0.15, -0.1) is 0 Å². The van der Waals surface area contributed by atoms with Crippen LogP contribution in [0.4, 0.5) is 0 Å². The SMILES string of the molecule is Cc1ccc(C(C)C)c(OCC(=O)N[C@H](C)CCc2ccco2)c1. The summed E-state index contributed by atoms with van der Waals surface area (Å²) in [6.07, 6.45) is 3.31. The molecule has 0 fully saturated rings. The second-order valence-corrected chi connectivity index (χ2v) is 6.57. The molecule has 1 heterocycles. The van der Waals surface area contributed by atoms with E-state index in [0.717, 1.165) is 35.5 Å². The van der Waals surface area contributed by atoms with E-state index in [-0.39, 0.29) is 18.6 Å². The summed E-state index contributed by atoms with van der Waals surface area (Å²) in [6, 6.07) is 10.0. The predicted molar refractivity (Wildman–Crippen MR) is 95.4 cm³/mol. The number of rotatable bonds is 8. The quantitative estimate of drug-likeness (QED) is 0.788. The lowest BCUT2D eigenvalue weighted by Crippen LogP contribution is -2.36. The molecule has 4 heteroatoms. The number of hydrogen-bond donors (Lipinski definition) is 1. The zero-order valence-corrected chi connectivity index (χ0v) is 15.0. The summed E-state index contributed by atoms with van der Waals surface area (Å²) in [5, 5.41) is 2.97. The van der Waals surface area contributed by atoms with E-state index in [1.807, 2.05) is 32.0 Å². The van der Waals surface area contributed by atoms with Crippen LogP contribution in [0.3, 0.4) is 0 Å². The standard InChI is InChI=1S/C20H27NO3/c1-14(2)18-10-7-15(3)12-19(18)24-13-20(22)21-16(4)8-9-17-6-5-11-23-17/h5-7,10-12,14,16H,8-9,13H2,1-4H3,(H,21,22)/t16-/m1/s1. The number of carbonyl (C=O) groups is 1. The summed E-state index contributed by atoms with van der Waals surface area (Å²) < 4.78 is 11.1. The minimum Gasteiger partial charge on any atom is -0.483 e. The minimum atomic E-state index is -0.0989. The highest BCUT2D eigenvalue weighted by Gasteiger charge is 2.12. The van der Waals surface area contributed by atoms with Gasteiger partial charge in [0.15, 0.2) is 6.61 Å². The monoisotopic (exact) mass is 329 g/mol. The number of carbonyl (C=O) groups excluding carboxylic acids is 1. The number of ether oxygens (including phenoxy) is 1. The number of nitrogens with one attached hydrogen (secondary N) is 1. The Bertz CT molecular complexity index is 647. The van der Waals surface area contributed by atoms with Crippen molar-refractivity contribution in [2.45, 2.75) is 52.5 Å². The van der Waals surface area contributed by atoms with E-state index >= 15 is 0 Å². The molecule has 1 amide bonds. The van der Waals surface area contributed by atoms with Crippen molar-refractivity contribution in [3.8, 4) is 5.75 Å². The van der Waals surface area contributed by atoms with Crippen molar-refractivity contribution in [1.29, 1.82) is 0 Å². The molecular formula is C20H27NO3. The summed E-state index contributed by atoms with van der Waals surface area (Å²) in [4.78, 5) is 12.1. The predicted octanol–water partition coefficient (Wildman–Crippen LogP) is 4.23. The van der Waals surface area contributed by atoms with Crippen LogP contribution in [-0.4, -0.2) is 18.6 Å². The van der Waals surface area contributed by atoms with Crippen LogP contribution in [0, 0.1) is 6.92 Å². The van der Waals surface area contributed by atoms with Gasteiger partial charge in [-0.3, -0.25) is 4.79 Å². The molecule has 0 bridgehead atoms. The summed E-state index contributed by atoms with van der Waals surface area (Å²) in [7, 11) is 0. The van der Waals surface area contributed by atoms with Crippen molar-refractivity contribution >= 4 is 5.91 Å². The fourth-order valence-electron chi connectivity index (χ4n) is 2.59. The summed E-state index contributed by atoms with van der Waals surface area (Å²) in [5.74, 6) is 1.99. The van der Waals surface area contributed by atoms with Crippen molar-refractivity contribution in [2.75, 3.05) is 6.61 Å². The van der Waals surface area contributed by atoms with Gasteiger partial charge in [0, 0.05) is 12.5 Å². The van der Waals surface area contributed by atoms with Gasteiger partial charge in [0.25, 0.3) is 5.91 Å². The van der Waals surface area contributed by atoms with Crippen LogP contribution in [-0.2, 0) is 11.2 Å². The number of furan rings is 1. The molecule has 2 rings (SSSR count). The van der Waals surface area contributed by atoms with Crippen LogP contribution >= 0.6 is 0 Å². The molecule has 130 valence electrons. The average Bonchev–Trinajstić information content (AvgIpc) is 3.04. The fourth-order valence-corrected chi connectivity index (χ4v) is 2.59. The molecule has 4 nitrogen and oxygen atoms in total. The highest BCUT2D eigenvalue weighted by Crippen LogP contribution is 2.27. The molecule has 1 aromatic heterocycles. The maximum Gasteiger partial charge on any atom is 0.258 e. The van der Waals surface area contributed by atoms with Gasteiger partial charge in [-0.05, 0) is 55.5 Å². The van der Waals surface area contributed by atoms with Gasteiger partial charge in [-0.1, -0.05) is 26.0 Å². The van der Waals surface area contributed by atoms with Crippen molar-refractivity contribution < 1.29 is 13.9 Å². The van der Waals surface area contributed by atoms with Gasteiger partial charge >= 0.3 is 0 Å². The van der Waals surface area contributed by atoms with Crippen molar-refractivity contribution in [3.05, 3.63) is 53.5 Å². The van der Waals surface area contributed by atoms with Crippen molar-refractivity contribution in [2.24, 2.45) is 0 Å². The Hall–Kier alpha value is -2.23. The highest BCUT2D eigenvalue weighted by molar-refractivity contribution is 5.77. The van der Waals surface area contributed by atoms with Crippen molar-refractivity contribution in [1.82, 2.24) is 5.32 Å². The second kappa shape index (κ2) is 8.57. The van der Waals surface area contributed by atoms with Gasteiger partial charge in [0.2, 0.25) is 0 Å². The first-order valence-corrected chi connectivity index (χ1v) is 8.50. The number of amides is 1. The Morgan fingerprint density at radius 1 is 1.25 bits per heavy atom. The summed E-state index contributed by atoms with van der Waals surface area (Å²) in [5.41, 5.74) is 2.25. The third-order valence-corrected chi connectivity index (χ3v) is 3.96. The summed E-state index contributed by atoms with van der Waals surface area (Å²) in [6.45, 7) is 8.29. The van der Waals surface area contributed by atoms with E-state index in [0.29, 0.717) is 5.92 Å². The van der Waals surface area contributed by atoms with Crippen LogP contribution in [0.5, 0.6) is 5.75 Å². The molecule has 2 aromatic rings. The molecule has 0 aliphatic carbocycles. The van der Waals surface area contributed by atoms with E-state index in [2.05, 4.69) is 31.3 Å². The van der Waals surface area contributed by atoms with Crippen molar-refractivity contribution in [3.63, 3.8) is 0 Å². The van der Waals surface area contributed by atoms with Crippen LogP contribution < -0.4 is 10.1 Å². The Kier molecular flexibility index (Phi) is 6.47. The van der Waals surface area contributed by atoms with E-state index in [4.69, 9.17) is 9.15 Å². The molecule has 1 aromatic carbocycles. The van der Waals surface area contributed by atoms with Gasteiger partial charge in [-0.25, -0.2) is 0 Å². The molecule has 24 heavy (non-hydrogen) atoms. The van der Waals surface area contributed by atoms with Crippen LogP contribution in [0.15, 0.2) is 41.0 Å². The Labute approximate surface area is 144 Å². The normalized spacial score (nSPS) is 12.2. The summed E-state index contributed by atoms with van der Waals surface area (Å²) >= 11 is 0. The number of hydrogen-bond acceptors (Lipinski definition) is 3. The molecule has 0 aliphatic heterocycles. The van der Waals surface area contributed by atoms with Crippen LogP contribution in [0.1, 0.15) is 50.0 Å². The maximum atomic E-state index is 12.1. The Morgan fingerprint density at radius 2 is 2.04 bits per heavy atom. The molecule has 0 saturated heterocycles.